The third-order valence-electron chi connectivity index (χ3n) is 4.51. The molecule has 0 saturated carbocycles. The predicted molar refractivity (Wildman–Crippen MR) is 77.2 cm³/mol. The Labute approximate surface area is 114 Å². The third-order valence-corrected chi connectivity index (χ3v) is 4.51. The lowest BCUT2D eigenvalue weighted by molar-refractivity contribution is -0.120. The van der Waals surface area contributed by atoms with Crippen LogP contribution in [-0.4, -0.2) is 19.0 Å². The first-order chi connectivity index (χ1) is 9.25. The molecule has 1 aliphatic heterocycles. The number of aryl methyl sites for hydroxylation is 1. The summed E-state index contributed by atoms with van der Waals surface area (Å²) < 4.78 is 0. The molecule has 3 nitrogen and oxygen atoms in total. The second-order valence-corrected chi connectivity index (χ2v) is 5.88. The van der Waals surface area contributed by atoms with Gasteiger partial charge in [-0.3, -0.25) is 4.79 Å². The summed E-state index contributed by atoms with van der Waals surface area (Å²) in [6.07, 6.45) is 4.76. The van der Waals surface area contributed by atoms with Crippen LogP contribution in [-0.2, 0) is 17.6 Å². The Hall–Kier alpha value is -1.35. The smallest absolute Gasteiger partial charge is 0.229 e. The Morgan fingerprint density at radius 3 is 2.89 bits per heavy atom. The van der Waals surface area contributed by atoms with Crippen molar-refractivity contribution in [3.05, 3.63) is 29.3 Å². The van der Waals surface area contributed by atoms with E-state index in [4.69, 9.17) is 0 Å². The van der Waals surface area contributed by atoms with Crippen LogP contribution in [0.1, 0.15) is 30.9 Å². The van der Waals surface area contributed by atoms with E-state index in [1.165, 1.54) is 24.0 Å². The third kappa shape index (κ3) is 2.52. The molecule has 3 rings (SSSR count). The average Bonchev–Trinajstić information content (AvgIpc) is 2.85. The van der Waals surface area contributed by atoms with Gasteiger partial charge in [-0.25, -0.2) is 0 Å². The van der Waals surface area contributed by atoms with Crippen LogP contribution in [0.15, 0.2) is 18.2 Å². The van der Waals surface area contributed by atoms with Crippen LogP contribution in [0.4, 0.5) is 5.69 Å². The molecule has 102 valence electrons. The first-order valence-corrected chi connectivity index (χ1v) is 7.38. The first kappa shape index (κ1) is 12.7. The van der Waals surface area contributed by atoms with Gasteiger partial charge in [0, 0.05) is 12.2 Å². The summed E-state index contributed by atoms with van der Waals surface area (Å²) in [6, 6.07) is 6.31. The van der Waals surface area contributed by atoms with Crippen LogP contribution in [0.25, 0.3) is 0 Å². The molecule has 19 heavy (non-hydrogen) atoms. The van der Waals surface area contributed by atoms with E-state index in [0.717, 1.165) is 31.6 Å². The van der Waals surface area contributed by atoms with Crippen LogP contribution >= 0.6 is 0 Å². The number of amides is 1. The highest BCUT2D eigenvalue weighted by Crippen LogP contribution is 2.28. The van der Waals surface area contributed by atoms with E-state index in [1.54, 1.807) is 0 Å². The molecule has 1 saturated heterocycles. The number of fused-ring (bicyclic) bond motifs is 1. The minimum atomic E-state index is 0.111. The molecule has 2 N–H and O–H groups in total. The molecule has 3 heteroatoms. The van der Waals surface area contributed by atoms with E-state index in [-0.39, 0.29) is 11.8 Å². The van der Waals surface area contributed by atoms with Crippen LogP contribution < -0.4 is 10.6 Å². The van der Waals surface area contributed by atoms with Gasteiger partial charge in [0.15, 0.2) is 0 Å². The van der Waals surface area contributed by atoms with Gasteiger partial charge in [0.1, 0.15) is 0 Å². The lowest BCUT2D eigenvalue weighted by Gasteiger charge is -2.21. The van der Waals surface area contributed by atoms with Crippen LogP contribution in [0.5, 0.6) is 0 Å². The average molecular weight is 258 g/mol. The van der Waals surface area contributed by atoms with E-state index in [0.29, 0.717) is 5.92 Å². The van der Waals surface area contributed by atoms with Crippen LogP contribution in [0.2, 0.25) is 0 Å². The molecule has 0 spiro atoms. The lowest BCUT2D eigenvalue weighted by atomic mass is 9.90. The van der Waals surface area contributed by atoms with Crippen LogP contribution in [0, 0.1) is 11.8 Å². The van der Waals surface area contributed by atoms with Crippen molar-refractivity contribution in [3.63, 3.8) is 0 Å². The lowest BCUT2D eigenvalue weighted by Crippen LogP contribution is -2.28. The SMILES string of the molecule is CC1CNCC1C(=O)Nc1cccc2c1CCCC2. The molecule has 1 fully saturated rings. The Morgan fingerprint density at radius 2 is 2.11 bits per heavy atom. The zero-order chi connectivity index (χ0) is 13.2. The van der Waals surface area contributed by atoms with Crippen molar-refractivity contribution in [3.8, 4) is 0 Å². The largest absolute Gasteiger partial charge is 0.326 e. The molecular formula is C16H22N2O. The van der Waals surface area contributed by atoms with E-state index in [9.17, 15) is 4.79 Å². The van der Waals surface area contributed by atoms with Crippen LogP contribution in [0.3, 0.4) is 0 Å². The molecule has 1 amide bonds. The van der Waals surface area contributed by atoms with Crippen molar-refractivity contribution in [2.75, 3.05) is 18.4 Å². The normalized spacial score (nSPS) is 25.9. The second-order valence-electron chi connectivity index (χ2n) is 5.88. The van der Waals surface area contributed by atoms with E-state index >= 15 is 0 Å². The molecule has 2 aliphatic rings. The molecule has 2 unspecified atom stereocenters. The van der Waals surface area contributed by atoms with Crippen molar-refractivity contribution in [2.45, 2.75) is 32.6 Å². The van der Waals surface area contributed by atoms with E-state index < -0.39 is 0 Å². The Kier molecular flexibility index (Phi) is 3.56. The first-order valence-electron chi connectivity index (χ1n) is 7.38. The molecule has 1 aromatic carbocycles. The summed E-state index contributed by atoms with van der Waals surface area (Å²) in [5, 5.41) is 6.45. The number of benzene rings is 1. The Bertz CT molecular complexity index is 484. The Balaban J connectivity index is 1.78. The molecule has 1 heterocycles. The minimum absolute atomic E-state index is 0.111. The van der Waals surface area contributed by atoms with Gasteiger partial charge in [0.25, 0.3) is 0 Å². The maximum atomic E-state index is 12.4. The van der Waals surface area contributed by atoms with Gasteiger partial charge < -0.3 is 10.6 Å². The van der Waals surface area contributed by atoms with Gasteiger partial charge in [-0.05, 0) is 55.3 Å². The van der Waals surface area contributed by atoms with Crippen molar-refractivity contribution in [1.29, 1.82) is 0 Å². The van der Waals surface area contributed by atoms with Gasteiger partial charge in [-0.1, -0.05) is 19.1 Å². The summed E-state index contributed by atoms with van der Waals surface area (Å²) >= 11 is 0. The zero-order valence-electron chi connectivity index (χ0n) is 11.5. The van der Waals surface area contributed by atoms with E-state index in [2.05, 4.69) is 35.8 Å². The second kappa shape index (κ2) is 5.33. The number of hydrogen-bond acceptors (Lipinski definition) is 2. The summed E-state index contributed by atoms with van der Waals surface area (Å²) in [4.78, 5) is 12.4. The maximum Gasteiger partial charge on any atom is 0.229 e. The molecule has 2 atom stereocenters. The van der Waals surface area contributed by atoms with Gasteiger partial charge in [-0.15, -0.1) is 0 Å². The van der Waals surface area contributed by atoms with Gasteiger partial charge in [-0.2, -0.15) is 0 Å². The topological polar surface area (TPSA) is 41.1 Å². The fraction of sp³-hybridized carbons (Fsp3) is 0.562. The molecule has 1 aliphatic carbocycles. The highest BCUT2D eigenvalue weighted by atomic mass is 16.1. The summed E-state index contributed by atoms with van der Waals surface area (Å²) in [6.45, 7) is 3.90. The number of carbonyl (C=O) groups excluding carboxylic acids is 1. The standard InChI is InChI=1S/C16H22N2O/c1-11-9-17-10-14(11)16(19)18-15-8-4-6-12-5-2-3-7-13(12)15/h4,6,8,11,14,17H,2-3,5,7,9-10H2,1H3,(H,18,19). The number of hydrogen-bond donors (Lipinski definition) is 2. The van der Waals surface area contributed by atoms with E-state index in [1.807, 2.05) is 0 Å². The molecule has 0 bridgehead atoms. The highest BCUT2D eigenvalue weighted by Gasteiger charge is 2.30. The number of carbonyl (C=O) groups is 1. The molecule has 1 aromatic rings. The maximum absolute atomic E-state index is 12.4. The van der Waals surface area contributed by atoms with Crippen molar-refractivity contribution in [2.24, 2.45) is 11.8 Å². The molecule has 0 radical (unpaired) electrons. The molecular weight excluding hydrogens is 236 g/mol. The number of nitrogens with one attached hydrogen (secondary N) is 2. The summed E-state index contributed by atoms with van der Waals surface area (Å²) in [5.74, 6) is 0.718. The fourth-order valence-electron chi connectivity index (χ4n) is 3.28. The Morgan fingerprint density at radius 1 is 1.26 bits per heavy atom. The summed E-state index contributed by atoms with van der Waals surface area (Å²) in [7, 11) is 0. The van der Waals surface area contributed by atoms with Crippen molar-refractivity contribution < 1.29 is 4.79 Å². The van der Waals surface area contributed by atoms with Gasteiger partial charge in [0.2, 0.25) is 5.91 Å². The zero-order valence-corrected chi connectivity index (χ0v) is 11.5. The summed E-state index contributed by atoms with van der Waals surface area (Å²) in [5.41, 5.74) is 3.82. The van der Waals surface area contributed by atoms with Crippen molar-refractivity contribution >= 4 is 11.6 Å². The predicted octanol–water partition coefficient (Wildman–Crippen LogP) is 2.36. The number of rotatable bonds is 2. The highest BCUT2D eigenvalue weighted by molar-refractivity contribution is 5.94. The quantitative estimate of drug-likeness (QED) is 0.855. The van der Waals surface area contributed by atoms with Crippen molar-refractivity contribution in [1.82, 2.24) is 5.32 Å². The fourth-order valence-corrected chi connectivity index (χ4v) is 3.28. The molecule has 0 aromatic heterocycles. The monoisotopic (exact) mass is 258 g/mol. The van der Waals surface area contributed by atoms with Gasteiger partial charge >= 0.3 is 0 Å². The van der Waals surface area contributed by atoms with Gasteiger partial charge in [0.05, 0.1) is 5.92 Å². The number of anilines is 1. The minimum Gasteiger partial charge on any atom is -0.326 e.